The highest BCUT2D eigenvalue weighted by atomic mass is 16.5. The summed E-state index contributed by atoms with van der Waals surface area (Å²) in [5.74, 6) is 1.64. The number of nitrogens with zero attached hydrogens (tertiary/aromatic N) is 4. The van der Waals surface area contributed by atoms with Gasteiger partial charge in [-0.15, -0.1) is 0 Å². The standard InChI is InChI=1S/C20H18N4O3/c1-12-8-16(14(3)24(12)19-9-13(2)27-23-19)18(25)10-26-20-15-6-4-5-7-17(15)21-11-22-20/h4-9,11H,10H2,1-3H3. The molecule has 0 radical (unpaired) electrons. The average molecular weight is 362 g/mol. The van der Waals surface area contributed by atoms with Gasteiger partial charge in [0, 0.05) is 23.0 Å². The zero-order valence-corrected chi connectivity index (χ0v) is 15.3. The fraction of sp³-hybridized carbons (Fsp3) is 0.200. The molecule has 27 heavy (non-hydrogen) atoms. The van der Waals surface area contributed by atoms with Gasteiger partial charge in [-0.3, -0.25) is 9.36 Å². The van der Waals surface area contributed by atoms with Crippen molar-refractivity contribution in [2.75, 3.05) is 6.61 Å². The maximum atomic E-state index is 12.8. The molecule has 0 N–H and O–H groups in total. The van der Waals surface area contributed by atoms with Crippen LogP contribution in [-0.2, 0) is 0 Å². The lowest BCUT2D eigenvalue weighted by atomic mass is 10.1. The lowest BCUT2D eigenvalue weighted by Crippen LogP contribution is -2.13. The van der Waals surface area contributed by atoms with E-state index in [0.717, 1.165) is 22.3 Å². The summed E-state index contributed by atoms with van der Waals surface area (Å²) in [5.41, 5.74) is 3.06. The number of hydrogen-bond donors (Lipinski definition) is 0. The molecule has 0 atom stereocenters. The molecule has 4 aromatic rings. The second-order valence-corrected chi connectivity index (χ2v) is 6.32. The zero-order valence-electron chi connectivity index (χ0n) is 15.3. The lowest BCUT2D eigenvalue weighted by Gasteiger charge is -2.08. The van der Waals surface area contributed by atoms with Gasteiger partial charge in [0.2, 0.25) is 11.7 Å². The molecule has 3 heterocycles. The van der Waals surface area contributed by atoms with E-state index in [2.05, 4.69) is 15.1 Å². The summed E-state index contributed by atoms with van der Waals surface area (Å²) in [5, 5.41) is 4.81. The molecule has 0 unspecified atom stereocenters. The molecule has 0 saturated heterocycles. The van der Waals surface area contributed by atoms with Crippen LogP contribution < -0.4 is 4.74 Å². The Morgan fingerprint density at radius 1 is 1.15 bits per heavy atom. The third-order valence-electron chi connectivity index (χ3n) is 4.42. The van der Waals surface area contributed by atoms with E-state index >= 15 is 0 Å². The van der Waals surface area contributed by atoms with Crippen LogP contribution in [0.15, 0.2) is 47.2 Å². The van der Waals surface area contributed by atoms with E-state index in [0.29, 0.717) is 23.0 Å². The molecule has 136 valence electrons. The Kier molecular flexibility index (Phi) is 4.19. The first-order valence-electron chi connectivity index (χ1n) is 8.53. The first-order chi connectivity index (χ1) is 13.0. The highest BCUT2D eigenvalue weighted by molar-refractivity contribution is 5.99. The zero-order chi connectivity index (χ0) is 19.0. The molecule has 0 saturated carbocycles. The van der Waals surface area contributed by atoms with Gasteiger partial charge in [0.1, 0.15) is 12.1 Å². The van der Waals surface area contributed by atoms with E-state index in [1.807, 2.05) is 61.7 Å². The molecular weight excluding hydrogens is 344 g/mol. The van der Waals surface area contributed by atoms with Crippen LogP contribution in [0.2, 0.25) is 0 Å². The molecule has 4 rings (SSSR count). The Labute approximate surface area is 155 Å². The van der Waals surface area contributed by atoms with Crippen LogP contribution in [0.1, 0.15) is 27.5 Å². The van der Waals surface area contributed by atoms with Crippen molar-refractivity contribution in [2.24, 2.45) is 0 Å². The maximum Gasteiger partial charge on any atom is 0.224 e. The predicted octanol–water partition coefficient (Wildman–Crippen LogP) is 3.60. The van der Waals surface area contributed by atoms with Crippen LogP contribution in [-0.4, -0.2) is 32.1 Å². The number of carbonyl (C=O) groups is 1. The van der Waals surface area contributed by atoms with Crippen molar-refractivity contribution in [3.63, 3.8) is 0 Å². The van der Waals surface area contributed by atoms with E-state index < -0.39 is 0 Å². The minimum absolute atomic E-state index is 0.108. The quantitative estimate of drug-likeness (QED) is 0.505. The highest BCUT2D eigenvalue weighted by Gasteiger charge is 2.19. The van der Waals surface area contributed by atoms with Crippen molar-refractivity contribution in [3.05, 3.63) is 65.4 Å². The van der Waals surface area contributed by atoms with Crippen molar-refractivity contribution in [2.45, 2.75) is 20.8 Å². The van der Waals surface area contributed by atoms with Gasteiger partial charge in [0.05, 0.1) is 10.9 Å². The van der Waals surface area contributed by atoms with Gasteiger partial charge in [-0.2, -0.15) is 0 Å². The fourth-order valence-electron chi connectivity index (χ4n) is 3.16. The second-order valence-electron chi connectivity index (χ2n) is 6.32. The minimum atomic E-state index is -0.128. The molecule has 7 nitrogen and oxygen atoms in total. The van der Waals surface area contributed by atoms with E-state index in [9.17, 15) is 4.79 Å². The summed E-state index contributed by atoms with van der Waals surface area (Å²) in [6.07, 6.45) is 1.43. The molecule has 0 aliphatic rings. The summed E-state index contributed by atoms with van der Waals surface area (Å²) in [6.45, 7) is 5.52. The van der Waals surface area contributed by atoms with Crippen molar-refractivity contribution in [3.8, 4) is 11.7 Å². The number of benzene rings is 1. The second kappa shape index (κ2) is 6.68. The average Bonchev–Trinajstić information content (AvgIpc) is 3.22. The van der Waals surface area contributed by atoms with Crippen molar-refractivity contribution < 1.29 is 14.1 Å². The van der Waals surface area contributed by atoms with Crippen molar-refractivity contribution in [1.82, 2.24) is 19.7 Å². The predicted molar refractivity (Wildman–Crippen MR) is 99.4 cm³/mol. The fourth-order valence-corrected chi connectivity index (χ4v) is 3.16. The van der Waals surface area contributed by atoms with E-state index in [-0.39, 0.29) is 12.4 Å². The molecule has 0 amide bonds. The number of carbonyl (C=O) groups excluding carboxylic acids is 1. The summed E-state index contributed by atoms with van der Waals surface area (Å²) in [6, 6.07) is 11.2. The molecule has 3 aromatic heterocycles. The highest BCUT2D eigenvalue weighted by Crippen LogP contribution is 2.23. The first-order valence-corrected chi connectivity index (χ1v) is 8.53. The number of aryl methyl sites for hydroxylation is 2. The van der Waals surface area contributed by atoms with Gasteiger partial charge in [0.25, 0.3) is 0 Å². The number of Topliss-reactive ketones (excluding diaryl/α,β-unsaturated/α-hetero) is 1. The van der Waals surface area contributed by atoms with E-state index in [1.165, 1.54) is 6.33 Å². The lowest BCUT2D eigenvalue weighted by molar-refractivity contribution is 0.0918. The summed E-state index contributed by atoms with van der Waals surface area (Å²) in [4.78, 5) is 21.1. The third-order valence-corrected chi connectivity index (χ3v) is 4.42. The molecule has 0 spiro atoms. The van der Waals surface area contributed by atoms with Crippen LogP contribution in [0.5, 0.6) is 5.88 Å². The van der Waals surface area contributed by atoms with Gasteiger partial charge >= 0.3 is 0 Å². The van der Waals surface area contributed by atoms with Crippen LogP contribution in [0.25, 0.3) is 16.7 Å². The number of ether oxygens (including phenoxy) is 1. The monoisotopic (exact) mass is 362 g/mol. The topological polar surface area (TPSA) is 83.0 Å². The molecule has 0 aliphatic heterocycles. The van der Waals surface area contributed by atoms with Crippen LogP contribution >= 0.6 is 0 Å². The summed E-state index contributed by atoms with van der Waals surface area (Å²) < 4.78 is 12.7. The Bertz CT molecular complexity index is 1140. The van der Waals surface area contributed by atoms with E-state index in [4.69, 9.17) is 9.26 Å². The third kappa shape index (κ3) is 3.08. The Hall–Kier alpha value is -3.48. The minimum Gasteiger partial charge on any atom is -0.469 e. The van der Waals surface area contributed by atoms with E-state index in [1.54, 1.807) is 0 Å². The summed E-state index contributed by atoms with van der Waals surface area (Å²) >= 11 is 0. The van der Waals surface area contributed by atoms with Gasteiger partial charge in [-0.1, -0.05) is 17.3 Å². The van der Waals surface area contributed by atoms with Crippen LogP contribution in [0, 0.1) is 20.8 Å². The molecular formula is C20H18N4O3. The number of hydrogen-bond acceptors (Lipinski definition) is 6. The van der Waals surface area contributed by atoms with Gasteiger partial charge in [-0.25, -0.2) is 9.97 Å². The van der Waals surface area contributed by atoms with Gasteiger partial charge < -0.3 is 9.26 Å². The molecule has 7 heteroatoms. The van der Waals surface area contributed by atoms with Crippen LogP contribution in [0.4, 0.5) is 0 Å². The number of fused-ring (bicyclic) bond motifs is 1. The SMILES string of the molecule is Cc1cc(-n2c(C)cc(C(=O)COc3ncnc4ccccc34)c2C)no1. The largest absolute Gasteiger partial charge is 0.469 e. The smallest absolute Gasteiger partial charge is 0.224 e. The number of rotatable bonds is 5. The van der Waals surface area contributed by atoms with Crippen molar-refractivity contribution >= 4 is 16.7 Å². The number of aromatic nitrogens is 4. The maximum absolute atomic E-state index is 12.8. The molecule has 0 bridgehead atoms. The first kappa shape index (κ1) is 17.0. The molecule has 1 aromatic carbocycles. The Morgan fingerprint density at radius 3 is 2.74 bits per heavy atom. The van der Waals surface area contributed by atoms with Crippen LogP contribution in [0.3, 0.4) is 0 Å². The molecule has 0 fully saturated rings. The van der Waals surface area contributed by atoms with Gasteiger partial charge in [-0.05, 0) is 39.0 Å². The Morgan fingerprint density at radius 2 is 1.96 bits per heavy atom. The van der Waals surface area contributed by atoms with Crippen molar-refractivity contribution in [1.29, 1.82) is 0 Å². The number of ketones is 1. The van der Waals surface area contributed by atoms with Gasteiger partial charge in [0.15, 0.2) is 12.4 Å². The number of para-hydroxylation sites is 1. The summed E-state index contributed by atoms with van der Waals surface area (Å²) in [7, 11) is 0. The normalized spacial score (nSPS) is 11.1. The Balaban J connectivity index is 1.59. The molecule has 0 aliphatic carbocycles.